The highest BCUT2D eigenvalue weighted by Crippen LogP contribution is 2.29. The van der Waals surface area contributed by atoms with Crippen LogP contribution in [0.25, 0.3) is 0 Å². The number of fused-ring (bicyclic) bond motifs is 2. The van der Waals surface area contributed by atoms with Crippen LogP contribution in [0, 0.1) is 5.92 Å². The van der Waals surface area contributed by atoms with Crippen molar-refractivity contribution in [1.82, 2.24) is 20.8 Å². The van der Waals surface area contributed by atoms with Gasteiger partial charge in [-0.15, -0.1) is 0 Å². The van der Waals surface area contributed by atoms with Gasteiger partial charge in [-0.1, -0.05) is 0 Å². The van der Waals surface area contributed by atoms with Crippen molar-refractivity contribution in [3.05, 3.63) is 0 Å². The summed E-state index contributed by atoms with van der Waals surface area (Å²) in [6.45, 7) is 3.02. The van der Waals surface area contributed by atoms with Crippen LogP contribution < -0.4 is 10.8 Å². The van der Waals surface area contributed by atoms with Crippen LogP contribution in [0.3, 0.4) is 0 Å². The first kappa shape index (κ1) is 15.5. The van der Waals surface area contributed by atoms with Gasteiger partial charge in [-0.25, -0.2) is 10.3 Å². The maximum atomic E-state index is 12.3. The summed E-state index contributed by atoms with van der Waals surface area (Å²) in [6.07, 6.45) is 3.65. The molecular weight excluding hydrogens is 288 g/mol. The topological polar surface area (TPSA) is 83.1 Å². The zero-order valence-electron chi connectivity index (χ0n) is 12.9. The molecule has 0 aliphatic carbocycles. The molecule has 8 heteroatoms. The number of carbonyl (C=O) groups is 2. The van der Waals surface area contributed by atoms with E-state index in [0.717, 1.165) is 32.4 Å². The van der Waals surface area contributed by atoms with Gasteiger partial charge in [-0.2, -0.15) is 5.06 Å². The standard InChI is InChI=1S/C14H24N4O4/c1-21-18-11-4-5-12(17(8-11)14(18)20)13(19)16-22-9-10-3-2-6-15-7-10/h10-12,15H,2-9H2,1H3,(H,16,19)/t10-,11-,12+/m1/s1. The third-order valence-electron chi connectivity index (χ3n) is 4.71. The molecule has 0 aromatic rings. The molecule has 3 atom stereocenters. The Morgan fingerprint density at radius 3 is 3.00 bits per heavy atom. The van der Waals surface area contributed by atoms with E-state index < -0.39 is 6.04 Å². The second kappa shape index (κ2) is 6.80. The second-order valence-corrected chi connectivity index (χ2v) is 6.18. The highest BCUT2D eigenvalue weighted by Gasteiger charge is 2.47. The van der Waals surface area contributed by atoms with Crippen molar-refractivity contribution in [2.45, 2.75) is 37.8 Å². The molecule has 2 N–H and O–H groups in total. The van der Waals surface area contributed by atoms with Gasteiger partial charge in [0.05, 0.1) is 19.8 Å². The van der Waals surface area contributed by atoms with Crippen LogP contribution in [0.2, 0.25) is 0 Å². The third kappa shape index (κ3) is 3.04. The van der Waals surface area contributed by atoms with Crippen molar-refractivity contribution < 1.29 is 19.3 Å². The van der Waals surface area contributed by atoms with E-state index in [2.05, 4.69) is 10.8 Å². The molecule has 3 heterocycles. The Balaban J connectivity index is 1.47. The van der Waals surface area contributed by atoms with Gasteiger partial charge in [0.1, 0.15) is 6.04 Å². The van der Waals surface area contributed by atoms with Gasteiger partial charge in [0.25, 0.3) is 5.91 Å². The number of urea groups is 1. The Morgan fingerprint density at radius 2 is 2.27 bits per heavy atom. The summed E-state index contributed by atoms with van der Waals surface area (Å²) in [5, 5.41) is 4.67. The molecule has 0 aromatic carbocycles. The van der Waals surface area contributed by atoms with Gasteiger partial charge < -0.3 is 10.2 Å². The number of hydroxylamine groups is 3. The van der Waals surface area contributed by atoms with Crippen LogP contribution >= 0.6 is 0 Å². The Bertz CT molecular complexity index is 427. The lowest BCUT2D eigenvalue weighted by molar-refractivity contribution is -0.140. The molecule has 0 unspecified atom stereocenters. The Kier molecular flexibility index (Phi) is 4.80. The van der Waals surface area contributed by atoms with Crippen molar-refractivity contribution in [3.63, 3.8) is 0 Å². The van der Waals surface area contributed by atoms with E-state index in [4.69, 9.17) is 9.68 Å². The molecule has 0 aromatic heterocycles. The van der Waals surface area contributed by atoms with E-state index in [1.165, 1.54) is 12.2 Å². The van der Waals surface area contributed by atoms with Crippen LogP contribution in [0.1, 0.15) is 25.7 Å². The number of carbonyl (C=O) groups excluding carboxylic acids is 2. The summed E-state index contributed by atoms with van der Waals surface area (Å²) in [4.78, 5) is 36.4. The van der Waals surface area contributed by atoms with Gasteiger partial charge in [-0.05, 0) is 38.1 Å². The number of hydrogen-bond donors (Lipinski definition) is 2. The zero-order valence-corrected chi connectivity index (χ0v) is 12.9. The molecule has 3 aliphatic heterocycles. The normalized spacial score (nSPS) is 31.5. The smallest absolute Gasteiger partial charge is 0.316 e. The van der Waals surface area contributed by atoms with Crippen LogP contribution in [0.4, 0.5) is 4.79 Å². The number of nitrogens with one attached hydrogen (secondary N) is 2. The van der Waals surface area contributed by atoms with E-state index in [-0.39, 0.29) is 18.0 Å². The minimum Gasteiger partial charge on any atom is -0.316 e. The fourth-order valence-electron chi connectivity index (χ4n) is 3.50. The molecule has 3 rings (SSSR count). The first-order valence-corrected chi connectivity index (χ1v) is 7.97. The van der Waals surface area contributed by atoms with Gasteiger partial charge in [0, 0.05) is 13.1 Å². The monoisotopic (exact) mass is 312 g/mol. The quantitative estimate of drug-likeness (QED) is 0.691. The highest BCUT2D eigenvalue weighted by atomic mass is 16.7. The minimum atomic E-state index is -0.464. The van der Waals surface area contributed by atoms with Crippen molar-refractivity contribution >= 4 is 11.9 Å². The maximum Gasteiger partial charge on any atom is 0.345 e. The lowest BCUT2D eigenvalue weighted by Gasteiger charge is -2.29. The number of amides is 3. The summed E-state index contributed by atoms with van der Waals surface area (Å²) >= 11 is 0. The number of piperidine rings is 2. The number of rotatable bonds is 5. The Morgan fingerprint density at radius 1 is 1.41 bits per heavy atom. The summed E-state index contributed by atoms with van der Waals surface area (Å²) in [5.41, 5.74) is 2.52. The fourth-order valence-corrected chi connectivity index (χ4v) is 3.50. The molecule has 22 heavy (non-hydrogen) atoms. The van der Waals surface area contributed by atoms with E-state index in [1.54, 1.807) is 4.90 Å². The number of hydrogen-bond acceptors (Lipinski definition) is 5. The van der Waals surface area contributed by atoms with Gasteiger partial charge in [0.2, 0.25) is 0 Å². The summed E-state index contributed by atoms with van der Waals surface area (Å²) in [7, 11) is 1.48. The lowest BCUT2D eigenvalue weighted by atomic mass is 10.0. The molecule has 0 saturated carbocycles. The van der Waals surface area contributed by atoms with E-state index in [0.29, 0.717) is 25.5 Å². The molecule has 8 nitrogen and oxygen atoms in total. The van der Waals surface area contributed by atoms with Crippen LogP contribution in [-0.4, -0.2) is 67.3 Å². The first-order chi connectivity index (χ1) is 10.7. The summed E-state index contributed by atoms with van der Waals surface area (Å²) < 4.78 is 0. The predicted octanol–water partition coefficient (Wildman–Crippen LogP) is -0.136. The van der Waals surface area contributed by atoms with E-state index in [1.807, 2.05) is 0 Å². The highest BCUT2D eigenvalue weighted by molar-refractivity contribution is 5.87. The second-order valence-electron chi connectivity index (χ2n) is 6.18. The average molecular weight is 312 g/mol. The van der Waals surface area contributed by atoms with Crippen molar-refractivity contribution in [2.24, 2.45) is 5.92 Å². The van der Waals surface area contributed by atoms with Crippen molar-refractivity contribution in [2.75, 3.05) is 33.4 Å². The predicted molar refractivity (Wildman–Crippen MR) is 77.4 cm³/mol. The first-order valence-electron chi connectivity index (χ1n) is 7.97. The van der Waals surface area contributed by atoms with Crippen LogP contribution in [0.5, 0.6) is 0 Å². The Hall–Kier alpha value is -1.38. The molecule has 124 valence electrons. The minimum absolute atomic E-state index is 0.0516. The SMILES string of the molecule is CON1C(=O)N2C[C@H]1CC[C@H]2C(=O)NOC[C@@H]1CCCNC1. The molecule has 3 aliphatic rings. The molecule has 2 bridgehead atoms. The van der Waals surface area contributed by atoms with Gasteiger partial charge >= 0.3 is 6.03 Å². The molecule has 3 saturated heterocycles. The maximum absolute atomic E-state index is 12.3. The fraction of sp³-hybridized carbons (Fsp3) is 0.857. The van der Waals surface area contributed by atoms with E-state index in [9.17, 15) is 9.59 Å². The van der Waals surface area contributed by atoms with E-state index >= 15 is 0 Å². The molecule has 3 amide bonds. The van der Waals surface area contributed by atoms with Crippen molar-refractivity contribution in [1.29, 1.82) is 0 Å². The Labute approximate surface area is 130 Å². The third-order valence-corrected chi connectivity index (χ3v) is 4.71. The molecule has 0 spiro atoms. The van der Waals surface area contributed by atoms with Crippen molar-refractivity contribution in [3.8, 4) is 0 Å². The van der Waals surface area contributed by atoms with Crippen LogP contribution in [0.15, 0.2) is 0 Å². The summed E-state index contributed by atoms with van der Waals surface area (Å²) in [6, 6.07) is -0.647. The molecular formula is C14H24N4O4. The summed E-state index contributed by atoms with van der Waals surface area (Å²) in [5.74, 6) is 0.190. The molecule has 3 fully saturated rings. The van der Waals surface area contributed by atoms with Crippen LogP contribution in [-0.2, 0) is 14.5 Å². The average Bonchev–Trinajstić information content (AvgIpc) is 2.79. The van der Waals surface area contributed by atoms with Gasteiger partial charge in [0.15, 0.2) is 0 Å². The largest absolute Gasteiger partial charge is 0.345 e. The lowest BCUT2D eigenvalue weighted by Crippen LogP contribution is -2.50. The zero-order chi connectivity index (χ0) is 15.5. The number of nitrogens with zero attached hydrogens (tertiary/aromatic N) is 2. The van der Waals surface area contributed by atoms with Gasteiger partial charge in [-0.3, -0.25) is 14.5 Å². The molecule has 0 radical (unpaired) electrons.